The predicted molar refractivity (Wildman–Crippen MR) is 93.3 cm³/mol. The van der Waals surface area contributed by atoms with Crippen LogP contribution in [0.4, 0.5) is 13.2 Å². The van der Waals surface area contributed by atoms with E-state index in [1.54, 1.807) is 12.3 Å². The summed E-state index contributed by atoms with van der Waals surface area (Å²) in [5.41, 5.74) is 1.68. The summed E-state index contributed by atoms with van der Waals surface area (Å²) in [6.07, 6.45) is -2.77. The second kappa shape index (κ2) is 7.77. The number of hydrogen-bond donors (Lipinski definition) is 3. The molecule has 0 aromatic carbocycles. The number of halogens is 3. The van der Waals surface area contributed by atoms with E-state index in [2.05, 4.69) is 20.6 Å². The molecule has 0 bridgehead atoms. The number of thiazole rings is 1. The Morgan fingerprint density at radius 1 is 1.42 bits per heavy atom. The van der Waals surface area contributed by atoms with E-state index in [9.17, 15) is 18.0 Å². The first kappa shape index (κ1) is 18.9. The van der Waals surface area contributed by atoms with Gasteiger partial charge in [-0.15, -0.1) is 11.3 Å². The average Bonchev–Trinajstić information content (AvgIpc) is 3.23. The van der Waals surface area contributed by atoms with Crippen molar-refractivity contribution in [1.82, 2.24) is 25.5 Å². The number of H-pyrrole nitrogens is 1. The zero-order valence-corrected chi connectivity index (χ0v) is 15.0. The number of hydrogen-bond acceptors (Lipinski definition) is 5. The van der Waals surface area contributed by atoms with Gasteiger partial charge in [0.15, 0.2) is 0 Å². The van der Waals surface area contributed by atoms with Gasteiger partial charge in [0, 0.05) is 49.9 Å². The van der Waals surface area contributed by atoms with Gasteiger partial charge in [0.2, 0.25) is 0 Å². The van der Waals surface area contributed by atoms with Crippen LogP contribution in [0.1, 0.15) is 15.5 Å². The van der Waals surface area contributed by atoms with Gasteiger partial charge in [-0.25, -0.2) is 4.98 Å². The van der Waals surface area contributed by atoms with Gasteiger partial charge in [0.25, 0.3) is 5.91 Å². The van der Waals surface area contributed by atoms with Crippen LogP contribution in [0.3, 0.4) is 0 Å². The molecule has 1 fully saturated rings. The Kier molecular flexibility index (Phi) is 5.64. The Morgan fingerprint density at radius 2 is 2.15 bits per heavy atom. The fraction of sp³-hybridized carbons (Fsp3) is 0.500. The number of nitrogens with zero attached hydrogens (tertiary/aromatic N) is 2. The molecule has 6 nitrogen and oxygen atoms in total. The third-order valence-corrected chi connectivity index (χ3v) is 5.04. The average molecular weight is 387 g/mol. The number of piperazine rings is 1. The maximum atomic E-state index is 13.4. The number of rotatable bonds is 5. The van der Waals surface area contributed by atoms with Gasteiger partial charge in [0.05, 0.1) is 10.7 Å². The van der Waals surface area contributed by atoms with Gasteiger partial charge < -0.3 is 15.6 Å². The topological polar surface area (TPSA) is 73.0 Å². The number of aromatic amines is 1. The van der Waals surface area contributed by atoms with Crippen LogP contribution >= 0.6 is 11.3 Å². The van der Waals surface area contributed by atoms with Crippen LogP contribution in [0, 0.1) is 6.92 Å². The smallest absolute Gasteiger partial charge is 0.357 e. The van der Waals surface area contributed by atoms with E-state index in [1.165, 1.54) is 16.2 Å². The molecular formula is C16H20F3N5OS. The van der Waals surface area contributed by atoms with Gasteiger partial charge in [-0.05, 0) is 13.0 Å². The highest BCUT2D eigenvalue weighted by Gasteiger charge is 2.43. The van der Waals surface area contributed by atoms with Gasteiger partial charge in [-0.2, -0.15) is 13.2 Å². The van der Waals surface area contributed by atoms with Crippen LogP contribution in [-0.4, -0.2) is 65.7 Å². The lowest BCUT2D eigenvalue weighted by Gasteiger charge is -2.35. The molecule has 3 N–H and O–H groups in total. The fourth-order valence-corrected chi connectivity index (χ4v) is 3.52. The van der Waals surface area contributed by atoms with Crippen molar-refractivity contribution in [1.29, 1.82) is 0 Å². The molecule has 1 saturated heterocycles. The molecule has 1 aliphatic heterocycles. The molecule has 0 saturated carbocycles. The maximum Gasteiger partial charge on any atom is 0.405 e. The quantitative estimate of drug-likeness (QED) is 0.734. The molecule has 0 spiro atoms. The number of nitrogens with one attached hydrogen (secondary N) is 3. The minimum Gasteiger partial charge on any atom is -0.357 e. The predicted octanol–water partition coefficient (Wildman–Crippen LogP) is 2.01. The molecule has 3 rings (SSSR count). The monoisotopic (exact) mass is 387 g/mol. The molecule has 3 heterocycles. The van der Waals surface area contributed by atoms with Crippen LogP contribution < -0.4 is 10.6 Å². The van der Waals surface area contributed by atoms with Crippen molar-refractivity contribution in [3.8, 4) is 11.3 Å². The Labute approximate surface area is 152 Å². The van der Waals surface area contributed by atoms with E-state index in [0.29, 0.717) is 26.2 Å². The van der Waals surface area contributed by atoms with Crippen LogP contribution in [-0.2, 0) is 0 Å². The normalized spacial score (nSPS) is 17.2. The second-order valence-corrected chi connectivity index (χ2v) is 7.17. The lowest BCUT2D eigenvalue weighted by atomic mass is 10.2. The first-order valence-corrected chi connectivity index (χ1v) is 9.13. The highest BCUT2D eigenvalue weighted by atomic mass is 32.1. The molecule has 1 unspecified atom stereocenters. The molecule has 2 aromatic heterocycles. The summed E-state index contributed by atoms with van der Waals surface area (Å²) in [5.74, 6) is -0.562. The molecule has 2 aromatic rings. The molecule has 1 aliphatic rings. The van der Waals surface area contributed by atoms with Crippen LogP contribution in [0.5, 0.6) is 0 Å². The number of amides is 1. The van der Waals surface area contributed by atoms with E-state index in [1.807, 2.05) is 12.3 Å². The van der Waals surface area contributed by atoms with Crippen molar-refractivity contribution in [2.45, 2.75) is 19.1 Å². The Morgan fingerprint density at radius 3 is 2.77 bits per heavy atom. The maximum absolute atomic E-state index is 13.4. The molecule has 142 valence electrons. The Bertz CT molecular complexity index is 751. The van der Waals surface area contributed by atoms with E-state index >= 15 is 0 Å². The third-order valence-electron chi connectivity index (χ3n) is 4.27. The lowest BCUT2D eigenvalue weighted by Crippen LogP contribution is -2.57. The minimum atomic E-state index is -4.40. The zero-order valence-electron chi connectivity index (χ0n) is 14.2. The summed E-state index contributed by atoms with van der Waals surface area (Å²) >= 11 is 1.49. The summed E-state index contributed by atoms with van der Waals surface area (Å²) in [5, 5.41) is 8.19. The zero-order chi connectivity index (χ0) is 18.7. The number of carbonyl (C=O) groups is 1. The Balaban J connectivity index is 1.64. The molecular weight excluding hydrogens is 367 g/mol. The minimum absolute atomic E-state index is 0.215. The van der Waals surface area contributed by atoms with Gasteiger partial charge >= 0.3 is 6.18 Å². The summed E-state index contributed by atoms with van der Waals surface area (Å²) < 4.78 is 40.1. The highest BCUT2D eigenvalue weighted by molar-refractivity contribution is 7.09. The van der Waals surface area contributed by atoms with E-state index < -0.39 is 24.7 Å². The summed E-state index contributed by atoms with van der Waals surface area (Å²) in [7, 11) is 0. The van der Waals surface area contributed by atoms with Crippen molar-refractivity contribution in [2.24, 2.45) is 0 Å². The third kappa shape index (κ3) is 4.43. The van der Waals surface area contributed by atoms with Gasteiger partial charge in [-0.3, -0.25) is 9.69 Å². The molecule has 1 atom stereocenters. The first-order chi connectivity index (χ1) is 12.3. The van der Waals surface area contributed by atoms with Crippen molar-refractivity contribution in [2.75, 3.05) is 32.7 Å². The molecule has 1 amide bonds. The molecule has 0 radical (unpaired) electrons. The van der Waals surface area contributed by atoms with Crippen molar-refractivity contribution >= 4 is 17.2 Å². The van der Waals surface area contributed by atoms with Gasteiger partial charge in [-0.1, -0.05) is 0 Å². The number of aryl methyl sites for hydroxylation is 1. The van der Waals surface area contributed by atoms with Crippen LogP contribution in [0.15, 0.2) is 17.6 Å². The van der Waals surface area contributed by atoms with E-state index in [-0.39, 0.29) is 5.69 Å². The Hall–Kier alpha value is -1.91. The van der Waals surface area contributed by atoms with E-state index in [0.717, 1.165) is 16.3 Å². The highest BCUT2D eigenvalue weighted by Crippen LogP contribution is 2.25. The van der Waals surface area contributed by atoms with Gasteiger partial charge in [0.1, 0.15) is 11.7 Å². The lowest BCUT2D eigenvalue weighted by molar-refractivity contribution is -0.183. The van der Waals surface area contributed by atoms with Crippen molar-refractivity contribution in [3.63, 3.8) is 0 Å². The fourth-order valence-electron chi connectivity index (χ4n) is 2.90. The largest absolute Gasteiger partial charge is 0.405 e. The van der Waals surface area contributed by atoms with Crippen molar-refractivity contribution < 1.29 is 18.0 Å². The van der Waals surface area contributed by atoms with E-state index in [4.69, 9.17) is 0 Å². The van der Waals surface area contributed by atoms with Crippen LogP contribution in [0.25, 0.3) is 11.3 Å². The van der Waals surface area contributed by atoms with Crippen molar-refractivity contribution in [3.05, 3.63) is 28.3 Å². The summed E-state index contributed by atoms with van der Waals surface area (Å²) in [6, 6.07) is -0.0961. The molecule has 26 heavy (non-hydrogen) atoms. The number of aromatic nitrogens is 2. The molecule has 10 heteroatoms. The summed E-state index contributed by atoms with van der Waals surface area (Å²) in [6.45, 7) is 3.02. The summed E-state index contributed by atoms with van der Waals surface area (Å²) in [4.78, 5) is 20.7. The SMILES string of the molecule is Cc1nc(-c2c[nH]c(C(=O)NCC(N3CCNCC3)C(F)(F)F)c2)cs1. The first-order valence-electron chi connectivity index (χ1n) is 8.25. The standard InChI is InChI=1S/C16H20F3N5OS/c1-10-23-13(9-26-10)11-6-12(21-7-11)15(25)22-8-14(16(17,18)19)24-4-2-20-3-5-24/h6-7,9,14,20-21H,2-5,8H2,1H3,(H,22,25). The second-order valence-electron chi connectivity index (χ2n) is 6.11. The molecule has 0 aliphatic carbocycles. The number of carbonyl (C=O) groups excluding carboxylic acids is 1. The van der Waals surface area contributed by atoms with Crippen LogP contribution in [0.2, 0.25) is 0 Å². The number of alkyl halides is 3.